The minimum Gasteiger partial charge on any atom is -0.457 e. The van der Waals surface area contributed by atoms with Crippen molar-refractivity contribution in [2.24, 2.45) is 0 Å². The minimum atomic E-state index is -0.285. The van der Waals surface area contributed by atoms with Crippen molar-refractivity contribution in [3.8, 4) is 0 Å². The van der Waals surface area contributed by atoms with Gasteiger partial charge in [-0.05, 0) is 30.7 Å². The molecule has 1 aliphatic rings. The normalized spacial score (nSPS) is 21.7. The molecule has 2 atom stereocenters. The summed E-state index contributed by atoms with van der Waals surface area (Å²) in [7, 11) is 0. The molecule has 0 saturated carbocycles. The third kappa shape index (κ3) is 3.28. The number of esters is 1. The molecule has 0 unspecified atom stereocenters. The fourth-order valence-corrected chi connectivity index (χ4v) is 2.73. The maximum atomic E-state index is 12.2. The van der Waals surface area contributed by atoms with Crippen LogP contribution in [0.25, 0.3) is 0 Å². The first-order valence-electron chi connectivity index (χ1n) is 7.21. The lowest BCUT2D eigenvalue weighted by Gasteiger charge is -2.32. The molecule has 108 valence electrons. The number of hydrogen-bond donors (Lipinski definition) is 1. The third-order valence-corrected chi connectivity index (χ3v) is 3.83. The predicted octanol–water partition coefficient (Wildman–Crippen LogP) is 2.38. The Labute approximate surface area is 124 Å². The quantitative estimate of drug-likeness (QED) is 0.878. The zero-order chi connectivity index (χ0) is 14.5. The Hall–Kier alpha value is -2.20. The molecule has 0 amide bonds. The number of pyridine rings is 1. The van der Waals surface area contributed by atoms with Crippen LogP contribution in [0.1, 0.15) is 28.3 Å². The molecule has 0 aliphatic carbocycles. The highest BCUT2D eigenvalue weighted by Crippen LogP contribution is 2.28. The number of nitrogens with one attached hydrogen (secondary N) is 1. The van der Waals surface area contributed by atoms with Crippen LogP contribution in [0.5, 0.6) is 0 Å². The van der Waals surface area contributed by atoms with Crippen LogP contribution >= 0.6 is 0 Å². The molecule has 1 N–H and O–H groups in total. The third-order valence-electron chi connectivity index (χ3n) is 3.83. The van der Waals surface area contributed by atoms with E-state index in [1.807, 2.05) is 18.2 Å². The van der Waals surface area contributed by atoms with E-state index >= 15 is 0 Å². The van der Waals surface area contributed by atoms with Gasteiger partial charge in [0.15, 0.2) is 0 Å². The van der Waals surface area contributed by atoms with E-state index in [0.717, 1.165) is 13.0 Å². The Morgan fingerprint density at radius 3 is 2.67 bits per heavy atom. The van der Waals surface area contributed by atoms with Gasteiger partial charge in [-0.25, -0.2) is 4.79 Å². The van der Waals surface area contributed by atoms with Crippen LogP contribution in [-0.4, -0.2) is 30.1 Å². The minimum absolute atomic E-state index is 0.137. The number of carbonyl (C=O) groups is 1. The maximum Gasteiger partial charge on any atom is 0.338 e. The Morgan fingerprint density at radius 1 is 1.14 bits per heavy atom. The predicted molar refractivity (Wildman–Crippen MR) is 80.1 cm³/mol. The number of rotatable bonds is 3. The van der Waals surface area contributed by atoms with Crippen molar-refractivity contribution in [3.05, 3.63) is 66.0 Å². The Morgan fingerprint density at radius 2 is 1.90 bits per heavy atom. The summed E-state index contributed by atoms with van der Waals surface area (Å²) in [6.45, 7) is 1.64. The Kier molecular flexibility index (Phi) is 4.26. The van der Waals surface area contributed by atoms with E-state index in [1.165, 1.54) is 5.56 Å². The highest BCUT2D eigenvalue weighted by atomic mass is 16.5. The highest BCUT2D eigenvalue weighted by Gasteiger charge is 2.29. The average molecular weight is 282 g/mol. The zero-order valence-corrected chi connectivity index (χ0v) is 11.7. The molecule has 0 radical (unpaired) electrons. The summed E-state index contributed by atoms with van der Waals surface area (Å²) in [5, 5.41) is 3.30. The SMILES string of the molecule is O=C(O[C@H]1CNCC[C@@H]1c1ccccc1)c1ccncc1. The second-order valence-corrected chi connectivity index (χ2v) is 5.19. The van der Waals surface area contributed by atoms with Crippen LogP contribution in [0, 0.1) is 0 Å². The van der Waals surface area contributed by atoms with E-state index in [4.69, 9.17) is 4.74 Å². The van der Waals surface area contributed by atoms with Crippen molar-refractivity contribution in [2.45, 2.75) is 18.4 Å². The van der Waals surface area contributed by atoms with E-state index in [1.54, 1.807) is 24.5 Å². The van der Waals surface area contributed by atoms with Crippen LogP contribution in [-0.2, 0) is 4.74 Å². The standard InChI is InChI=1S/C17H18N2O2/c20-17(14-6-9-18-10-7-14)21-16-12-19-11-8-15(16)13-4-2-1-3-5-13/h1-7,9-10,15-16,19H,8,11-12H2/t15-,16+/m1/s1. The molecule has 21 heavy (non-hydrogen) atoms. The van der Waals surface area contributed by atoms with E-state index in [9.17, 15) is 4.79 Å². The summed E-state index contributed by atoms with van der Waals surface area (Å²) in [5.74, 6) is -0.0368. The van der Waals surface area contributed by atoms with Crippen LogP contribution in [0.3, 0.4) is 0 Å². The van der Waals surface area contributed by atoms with Gasteiger partial charge < -0.3 is 10.1 Å². The number of piperidine rings is 1. The summed E-state index contributed by atoms with van der Waals surface area (Å²) < 4.78 is 5.72. The van der Waals surface area contributed by atoms with Crippen molar-refractivity contribution >= 4 is 5.97 Å². The van der Waals surface area contributed by atoms with E-state index in [-0.39, 0.29) is 18.0 Å². The largest absolute Gasteiger partial charge is 0.457 e. The van der Waals surface area contributed by atoms with Gasteiger partial charge in [-0.15, -0.1) is 0 Å². The van der Waals surface area contributed by atoms with Gasteiger partial charge in [0.2, 0.25) is 0 Å². The van der Waals surface area contributed by atoms with E-state index < -0.39 is 0 Å². The average Bonchev–Trinajstić information content (AvgIpc) is 2.57. The molecule has 1 saturated heterocycles. The highest BCUT2D eigenvalue weighted by molar-refractivity contribution is 5.89. The van der Waals surface area contributed by atoms with E-state index in [0.29, 0.717) is 12.1 Å². The smallest absolute Gasteiger partial charge is 0.338 e. The molecule has 1 aromatic heterocycles. The molecule has 1 fully saturated rings. The van der Waals surface area contributed by atoms with Gasteiger partial charge in [0, 0.05) is 24.9 Å². The number of carbonyl (C=O) groups excluding carboxylic acids is 1. The van der Waals surface area contributed by atoms with E-state index in [2.05, 4.69) is 22.4 Å². The molecule has 2 heterocycles. The van der Waals surface area contributed by atoms with Gasteiger partial charge >= 0.3 is 5.97 Å². The summed E-state index contributed by atoms with van der Waals surface area (Å²) in [6.07, 6.45) is 4.04. The lowest BCUT2D eigenvalue weighted by Crippen LogP contribution is -2.42. The molecular weight excluding hydrogens is 264 g/mol. The van der Waals surface area contributed by atoms with Crippen LogP contribution < -0.4 is 5.32 Å². The molecule has 2 aromatic rings. The summed E-state index contributed by atoms with van der Waals surface area (Å²) in [5.41, 5.74) is 1.77. The topological polar surface area (TPSA) is 51.2 Å². The fourth-order valence-electron chi connectivity index (χ4n) is 2.73. The molecule has 1 aliphatic heterocycles. The number of hydrogen-bond acceptors (Lipinski definition) is 4. The summed E-state index contributed by atoms with van der Waals surface area (Å²) in [4.78, 5) is 16.1. The number of benzene rings is 1. The van der Waals surface area contributed by atoms with Crippen molar-refractivity contribution in [1.82, 2.24) is 10.3 Å². The van der Waals surface area contributed by atoms with Crippen LogP contribution in [0.15, 0.2) is 54.9 Å². The zero-order valence-electron chi connectivity index (χ0n) is 11.7. The van der Waals surface area contributed by atoms with Gasteiger partial charge in [-0.2, -0.15) is 0 Å². The second-order valence-electron chi connectivity index (χ2n) is 5.19. The molecule has 3 rings (SSSR count). The van der Waals surface area contributed by atoms with Crippen molar-refractivity contribution in [3.63, 3.8) is 0 Å². The molecule has 0 spiro atoms. The first kappa shape index (κ1) is 13.8. The lowest BCUT2D eigenvalue weighted by atomic mass is 9.88. The molecule has 1 aromatic carbocycles. The number of nitrogens with zero attached hydrogens (tertiary/aromatic N) is 1. The van der Waals surface area contributed by atoms with Gasteiger partial charge in [-0.1, -0.05) is 30.3 Å². The maximum absolute atomic E-state index is 12.2. The number of ether oxygens (including phenoxy) is 1. The van der Waals surface area contributed by atoms with Crippen molar-refractivity contribution < 1.29 is 9.53 Å². The Bertz CT molecular complexity index is 586. The second kappa shape index (κ2) is 6.50. The first-order chi connectivity index (χ1) is 10.3. The van der Waals surface area contributed by atoms with Gasteiger partial charge in [0.05, 0.1) is 5.56 Å². The van der Waals surface area contributed by atoms with Crippen LogP contribution in [0.4, 0.5) is 0 Å². The molecule has 4 heteroatoms. The summed E-state index contributed by atoms with van der Waals surface area (Å²) in [6, 6.07) is 13.6. The first-order valence-corrected chi connectivity index (χ1v) is 7.21. The fraction of sp³-hybridized carbons (Fsp3) is 0.294. The van der Waals surface area contributed by atoms with Gasteiger partial charge in [0.25, 0.3) is 0 Å². The van der Waals surface area contributed by atoms with Gasteiger partial charge in [0.1, 0.15) is 6.10 Å². The Balaban J connectivity index is 1.75. The molecule has 4 nitrogen and oxygen atoms in total. The molecule has 0 bridgehead atoms. The van der Waals surface area contributed by atoms with Gasteiger partial charge in [-0.3, -0.25) is 4.98 Å². The summed E-state index contributed by atoms with van der Waals surface area (Å²) >= 11 is 0. The van der Waals surface area contributed by atoms with Crippen LogP contribution in [0.2, 0.25) is 0 Å². The van der Waals surface area contributed by atoms with Crippen molar-refractivity contribution in [2.75, 3.05) is 13.1 Å². The number of aromatic nitrogens is 1. The monoisotopic (exact) mass is 282 g/mol. The molecular formula is C17H18N2O2. The van der Waals surface area contributed by atoms with Crippen molar-refractivity contribution in [1.29, 1.82) is 0 Å². The lowest BCUT2D eigenvalue weighted by molar-refractivity contribution is 0.0182.